The summed E-state index contributed by atoms with van der Waals surface area (Å²) in [6.07, 6.45) is 0. The van der Waals surface area contributed by atoms with Gasteiger partial charge >= 0.3 is 0 Å². The first-order valence-electron chi connectivity index (χ1n) is 5.51. The minimum Gasteiger partial charge on any atom is -0.393 e. The molecule has 0 radical (unpaired) electrons. The summed E-state index contributed by atoms with van der Waals surface area (Å²) in [6.45, 7) is 1.89. The predicted molar refractivity (Wildman–Crippen MR) is 64.2 cm³/mol. The maximum atomic E-state index is 12.2. The van der Waals surface area contributed by atoms with E-state index >= 15 is 0 Å². The minimum absolute atomic E-state index is 0.0843. The monoisotopic (exact) mass is 251 g/mol. The smallest absolute Gasteiger partial charge is 0.292 e. The first-order valence-corrected chi connectivity index (χ1v) is 5.51. The molecule has 96 valence electrons. The number of benzene rings is 1. The number of carbonyl (C=O) groups excluding carboxylic acids is 1. The number of rotatable bonds is 2. The molecule has 1 aromatic rings. The van der Waals surface area contributed by atoms with Crippen molar-refractivity contribution in [2.24, 2.45) is 0 Å². The molecule has 1 heterocycles. The van der Waals surface area contributed by atoms with Crippen LogP contribution in [0.2, 0.25) is 0 Å². The van der Waals surface area contributed by atoms with Crippen LogP contribution in [0.25, 0.3) is 0 Å². The lowest BCUT2D eigenvalue weighted by Crippen LogP contribution is -2.40. The maximum absolute atomic E-state index is 12.2. The lowest BCUT2D eigenvalue weighted by atomic mass is 10.1. The normalized spacial score (nSPS) is 15.4. The first kappa shape index (κ1) is 12.3. The fourth-order valence-corrected chi connectivity index (χ4v) is 1.84. The number of nitro groups is 1. The second kappa shape index (κ2) is 5.01. The number of anilines is 1. The quantitative estimate of drug-likeness (QED) is 0.472. The van der Waals surface area contributed by atoms with Crippen LogP contribution < -0.4 is 5.73 Å². The van der Waals surface area contributed by atoms with Gasteiger partial charge < -0.3 is 15.4 Å². The number of nitrogen functional groups attached to an aromatic ring is 1. The zero-order chi connectivity index (χ0) is 13.1. The number of carbonyl (C=O) groups is 1. The number of morpholine rings is 1. The Bertz CT molecular complexity index is 483. The third-order valence-electron chi connectivity index (χ3n) is 2.81. The Morgan fingerprint density at radius 1 is 1.39 bits per heavy atom. The van der Waals surface area contributed by atoms with E-state index < -0.39 is 4.92 Å². The standard InChI is InChI=1S/C11H13N3O4/c12-10-8(2-1-3-9(10)14(16)17)11(15)13-4-6-18-7-5-13/h1-3H,4-7,12H2. The van der Waals surface area contributed by atoms with Crippen molar-refractivity contribution >= 4 is 17.3 Å². The number of nitrogens with two attached hydrogens (primary N) is 1. The molecule has 7 heteroatoms. The van der Waals surface area contributed by atoms with E-state index in [1.165, 1.54) is 18.2 Å². The minimum atomic E-state index is -0.592. The van der Waals surface area contributed by atoms with E-state index in [2.05, 4.69) is 0 Å². The fraction of sp³-hybridized carbons (Fsp3) is 0.364. The number of amides is 1. The maximum Gasteiger partial charge on any atom is 0.292 e. The third kappa shape index (κ3) is 2.25. The van der Waals surface area contributed by atoms with Gasteiger partial charge in [-0.15, -0.1) is 0 Å². The zero-order valence-corrected chi connectivity index (χ0v) is 9.67. The molecule has 1 saturated heterocycles. The van der Waals surface area contributed by atoms with Crippen LogP contribution in [0.1, 0.15) is 10.4 Å². The van der Waals surface area contributed by atoms with Crippen molar-refractivity contribution < 1.29 is 14.5 Å². The van der Waals surface area contributed by atoms with Crippen LogP contribution >= 0.6 is 0 Å². The van der Waals surface area contributed by atoms with Crippen molar-refractivity contribution in [3.05, 3.63) is 33.9 Å². The second-order valence-electron chi connectivity index (χ2n) is 3.90. The predicted octanol–water partition coefficient (Wildman–Crippen LogP) is 0.649. The molecule has 1 aromatic carbocycles. The summed E-state index contributed by atoms with van der Waals surface area (Å²) >= 11 is 0. The number of nitro benzene ring substituents is 1. The van der Waals surface area contributed by atoms with E-state index in [0.717, 1.165) is 0 Å². The molecule has 1 fully saturated rings. The highest BCUT2D eigenvalue weighted by Gasteiger charge is 2.24. The molecule has 1 amide bonds. The van der Waals surface area contributed by atoms with Crippen LogP contribution in [-0.2, 0) is 4.74 Å². The molecule has 0 atom stereocenters. The molecule has 0 aliphatic carbocycles. The Hall–Kier alpha value is -2.15. The van der Waals surface area contributed by atoms with Gasteiger partial charge in [0.05, 0.1) is 23.7 Å². The topological polar surface area (TPSA) is 98.7 Å². The van der Waals surface area contributed by atoms with Gasteiger partial charge in [0.25, 0.3) is 11.6 Å². The molecule has 0 bridgehead atoms. The van der Waals surface area contributed by atoms with E-state index in [-0.39, 0.29) is 22.8 Å². The average Bonchev–Trinajstić information content (AvgIpc) is 2.39. The molecule has 2 N–H and O–H groups in total. The van der Waals surface area contributed by atoms with E-state index in [9.17, 15) is 14.9 Å². The van der Waals surface area contributed by atoms with Gasteiger partial charge in [-0.05, 0) is 6.07 Å². The molecular formula is C11H13N3O4. The summed E-state index contributed by atoms with van der Waals surface area (Å²) in [6, 6.07) is 4.24. The average molecular weight is 251 g/mol. The van der Waals surface area contributed by atoms with Crippen LogP contribution in [0.4, 0.5) is 11.4 Å². The van der Waals surface area contributed by atoms with Crippen molar-refractivity contribution in [3.63, 3.8) is 0 Å². The zero-order valence-electron chi connectivity index (χ0n) is 9.67. The highest BCUT2D eigenvalue weighted by molar-refractivity contribution is 6.01. The van der Waals surface area contributed by atoms with E-state index in [1.807, 2.05) is 0 Å². The molecule has 7 nitrogen and oxygen atoms in total. The van der Waals surface area contributed by atoms with Gasteiger partial charge in [0, 0.05) is 19.2 Å². The van der Waals surface area contributed by atoms with Crippen LogP contribution in [0, 0.1) is 10.1 Å². The first-order chi connectivity index (χ1) is 8.61. The molecule has 1 aliphatic heterocycles. The van der Waals surface area contributed by atoms with Gasteiger partial charge in [0.15, 0.2) is 0 Å². The van der Waals surface area contributed by atoms with Gasteiger partial charge in [0.1, 0.15) is 5.69 Å². The largest absolute Gasteiger partial charge is 0.393 e. The van der Waals surface area contributed by atoms with Gasteiger partial charge in [0.2, 0.25) is 0 Å². The second-order valence-corrected chi connectivity index (χ2v) is 3.90. The van der Waals surface area contributed by atoms with E-state index in [4.69, 9.17) is 10.5 Å². The van der Waals surface area contributed by atoms with Crippen molar-refractivity contribution in [2.45, 2.75) is 0 Å². The van der Waals surface area contributed by atoms with E-state index in [1.54, 1.807) is 4.90 Å². The highest BCUT2D eigenvalue weighted by Crippen LogP contribution is 2.25. The Balaban J connectivity index is 2.30. The SMILES string of the molecule is Nc1c(C(=O)N2CCOCC2)cccc1[N+](=O)[O-]. The Morgan fingerprint density at radius 2 is 2.06 bits per heavy atom. The molecule has 2 rings (SSSR count). The summed E-state index contributed by atoms with van der Waals surface area (Å²) in [5.41, 5.74) is 5.52. The Morgan fingerprint density at radius 3 is 2.67 bits per heavy atom. The number of hydrogen-bond donors (Lipinski definition) is 1. The van der Waals surface area contributed by atoms with Crippen molar-refractivity contribution in [3.8, 4) is 0 Å². The lowest BCUT2D eigenvalue weighted by Gasteiger charge is -2.27. The van der Waals surface area contributed by atoms with Gasteiger partial charge in [-0.3, -0.25) is 14.9 Å². The number of para-hydroxylation sites is 1. The molecule has 0 unspecified atom stereocenters. The van der Waals surface area contributed by atoms with Crippen LogP contribution in [0.5, 0.6) is 0 Å². The van der Waals surface area contributed by atoms with Crippen LogP contribution in [0.3, 0.4) is 0 Å². The number of ether oxygens (including phenoxy) is 1. The molecule has 0 saturated carbocycles. The van der Waals surface area contributed by atoms with Crippen molar-refractivity contribution in [2.75, 3.05) is 32.0 Å². The third-order valence-corrected chi connectivity index (χ3v) is 2.81. The van der Waals surface area contributed by atoms with Gasteiger partial charge in [-0.2, -0.15) is 0 Å². The number of hydrogen-bond acceptors (Lipinski definition) is 5. The van der Waals surface area contributed by atoms with E-state index in [0.29, 0.717) is 26.3 Å². The fourth-order valence-electron chi connectivity index (χ4n) is 1.84. The molecule has 1 aliphatic rings. The lowest BCUT2D eigenvalue weighted by molar-refractivity contribution is -0.383. The number of nitrogens with zero attached hydrogens (tertiary/aromatic N) is 2. The molecular weight excluding hydrogens is 238 g/mol. The van der Waals surface area contributed by atoms with Gasteiger partial charge in [-0.25, -0.2) is 0 Å². The summed E-state index contributed by atoms with van der Waals surface area (Å²) in [5.74, 6) is -0.292. The van der Waals surface area contributed by atoms with Crippen LogP contribution in [-0.4, -0.2) is 42.0 Å². The van der Waals surface area contributed by atoms with Crippen molar-refractivity contribution in [1.29, 1.82) is 0 Å². The van der Waals surface area contributed by atoms with Crippen molar-refractivity contribution in [1.82, 2.24) is 4.90 Å². The summed E-state index contributed by atoms with van der Waals surface area (Å²) in [4.78, 5) is 23.9. The summed E-state index contributed by atoms with van der Waals surface area (Å²) in [7, 11) is 0. The Kier molecular flexibility index (Phi) is 3.42. The van der Waals surface area contributed by atoms with Crippen LogP contribution in [0.15, 0.2) is 18.2 Å². The Labute approximate surface area is 103 Å². The van der Waals surface area contributed by atoms with Gasteiger partial charge in [-0.1, -0.05) is 6.07 Å². The summed E-state index contributed by atoms with van der Waals surface area (Å²) < 4.78 is 5.14. The molecule has 0 spiro atoms. The summed E-state index contributed by atoms with van der Waals surface area (Å²) in [5, 5.41) is 10.8. The molecule has 0 aromatic heterocycles. The molecule has 18 heavy (non-hydrogen) atoms. The highest BCUT2D eigenvalue weighted by atomic mass is 16.6.